The molecule has 0 saturated carbocycles. The van der Waals surface area contributed by atoms with Crippen LogP contribution in [0.3, 0.4) is 0 Å². The van der Waals surface area contributed by atoms with Gasteiger partial charge in [0.2, 0.25) is 0 Å². The minimum atomic E-state index is 0.133. The largest absolute Gasteiger partial charge is 0.403 e. The summed E-state index contributed by atoms with van der Waals surface area (Å²) in [7, 11) is 0. The van der Waals surface area contributed by atoms with Gasteiger partial charge < -0.3 is 10.2 Å². The number of nitrogens with two attached hydrogens (primary N) is 1. The van der Waals surface area contributed by atoms with Crippen molar-refractivity contribution < 1.29 is 4.42 Å². The number of hydrogen-bond acceptors (Lipinski definition) is 5. The van der Waals surface area contributed by atoms with Crippen molar-refractivity contribution in [3.8, 4) is 10.8 Å². The average molecular weight is 207 g/mol. The van der Waals surface area contributed by atoms with Gasteiger partial charge in [-0.1, -0.05) is 5.10 Å². The summed E-state index contributed by atoms with van der Waals surface area (Å²) in [6, 6.07) is 2.27. The summed E-state index contributed by atoms with van der Waals surface area (Å²) in [6.45, 7) is 0. The SMILES string of the molecule is Nc1nnc(-c2cc3c(s2)CCC3)o1. The van der Waals surface area contributed by atoms with Gasteiger partial charge >= 0.3 is 6.01 Å². The number of hydrogen-bond donors (Lipinski definition) is 1. The highest BCUT2D eigenvalue weighted by atomic mass is 32.1. The number of aryl methyl sites for hydroxylation is 2. The van der Waals surface area contributed by atoms with Crippen molar-refractivity contribution in [1.82, 2.24) is 10.2 Å². The Hall–Kier alpha value is -1.36. The Bertz CT molecular complexity index is 453. The van der Waals surface area contributed by atoms with Crippen LogP contribution in [0.5, 0.6) is 0 Å². The summed E-state index contributed by atoms with van der Waals surface area (Å²) >= 11 is 1.74. The Morgan fingerprint density at radius 2 is 2.29 bits per heavy atom. The number of nitrogens with zero attached hydrogens (tertiary/aromatic N) is 2. The van der Waals surface area contributed by atoms with E-state index in [1.165, 1.54) is 29.7 Å². The zero-order chi connectivity index (χ0) is 9.54. The molecule has 72 valence electrons. The van der Waals surface area contributed by atoms with Crippen molar-refractivity contribution in [2.75, 3.05) is 5.73 Å². The van der Waals surface area contributed by atoms with E-state index in [4.69, 9.17) is 10.2 Å². The molecule has 0 bridgehead atoms. The highest BCUT2D eigenvalue weighted by molar-refractivity contribution is 7.15. The number of thiophene rings is 1. The van der Waals surface area contributed by atoms with Gasteiger partial charge in [-0.15, -0.1) is 16.4 Å². The Labute approximate surface area is 84.8 Å². The summed E-state index contributed by atoms with van der Waals surface area (Å²) in [4.78, 5) is 2.50. The molecule has 2 heterocycles. The Balaban J connectivity index is 2.05. The quantitative estimate of drug-likeness (QED) is 0.775. The van der Waals surface area contributed by atoms with Crippen LogP contribution in [0.2, 0.25) is 0 Å². The first-order valence-corrected chi connectivity index (χ1v) is 5.35. The molecule has 2 aromatic rings. The topological polar surface area (TPSA) is 64.9 Å². The van der Waals surface area contributed by atoms with Crippen LogP contribution >= 0.6 is 11.3 Å². The number of fused-ring (bicyclic) bond motifs is 1. The highest BCUT2D eigenvalue weighted by Gasteiger charge is 2.18. The third-order valence-corrected chi connectivity index (χ3v) is 3.62. The third kappa shape index (κ3) is 1.13. The second kappa shape index (κ2) is 2.81. The van der Waals surface area contributed by atoms with Crippen molar-refractivity contribution in [1.29, 1.82) is 0 Å². The first-order valence-electron chi connectivity index (χ1n) is 4.54. The van der Waals surface area contributed by atoms with Crippen LogP contribution in [-0.2, 0) is 12.8 Å². The lowest BCUT2D eigenvalue weighted by Gasteiger charge is -1.86. The fourth-order valence-corrected chi connectivity index (χ4v) is 2.94. The number of anilines is 1. The van der Waals surface area contributed by atoms with Gasteiger partial charge in [0.15, 0.2) is 0 Å². The fraction of sp³-hybridized carbons (Fsp3) is 0.333. The molecule has 3 rings (SSSR count). The summed E-state index contributed by atoms with van der Waals surface area (Å²) in [5.74, 6) is 0.543. The second-order valence-corrected chi connectivity index (χ2v) is 4.49. The lowest BCUT2D eigenvalue weighted by molar-refractivity contribution is 0.591. The van der Waals surface area contributed by atoms with Crippen molar-refractivity contribution in [2.45, 2.75) is 19.3 Å². The molecule has 0 spiro atoms. The Morgan fingerprint density at radius 3 is 3.00 bits per heavy atom. The molecule has 0 fully saturated rings. The number of aromatic nitrogens is 2. The van der Waals surface area contributed by atoms with E-state index in [1.54, 1.807) is 11.3 Å². The zero-order valence-electron chi connectivity index (χ0n) is 7.49. The van der Waals surface area contributed by atoms with E-state index in [1.807, 2.05) is 0 Å². The van der Waals surface area contributed by atoms with Gasteiger partial charge in [-0.2, -0.15) is 0 Å². The van der Waals surface area contributed by atoms with Crippen LogP contribution in [0.25, 0.3) is 10.8 Å². The first-order chi connectivity index (χ1) is 6.83. The monoisotopic (exact) mass is 207 g/mol. The normalized spacial score (nSPS) is 14.6. The van der Waals surface area contributed by atoms with Gasteiger partial charge in [-0.05, 0) is 30.9 Å². The summed E-state index contributed by atoms with van der Waals surface area (Å²) in [5.41, 5.74) is 6.80. The minimum Gasteiger partial charge on any atom is -0.403 e. The Kier molecular flexibility index (Phi) is 1.61. The van der Waals surface area contributed by atoms with Crippen LogP contribution < -0.4 is 5.73 Å². The van der Waals surface area contributed by atoms with Gasteiger partial charge in [0.1, 0.15) is 0 Å². The van der Waals surface area contributed by atoms with Crippen LogP contribution in [0.1, 0.15) is 16.9 Å². The van der Waals surface area contributed by atoms with Gasteiger partial charge in [0.05, 0.1) is 4.88 Å². The number of nitrogen functional groups attached to an aromatic ring is 1. The molecular weight excluding hydrogens is 198 g/mol. The molecule has 0 unspecified atom stereocenters. The van der Waals surface area contributed by atoms with Gasteiger partial charge in [-0.25, -0.2) is 0 Å². The van der Waals surface area contributed by atoms with E-state index in [-0.39, 0.29) is 6.01 Å². The molecule has 14 heavy (non-hydrogen) atoms. The molecule has 0 radical (unpaired) electrons. The van der Waals surface area contributed by atoms with Crippen molar-refractivity contribution in [3.05, 3.63) is 16.5 Å². The van der Waals surface area contributed by atoms with Crippen LogP contribution in [0.4, 0.5) is 6.01 Å². The van der Waals surface area contributed by atoms with Crippen molar-refractivity contribution >= 4 is 17.4 Å². The maximum absolute atomic E-state index is 5.37. The predicted molar refractivity (Wildman–Crippen MR) is 54.0 cm³/mol. The lowest BCUT2D eigenvalue weighted by Crippen LogP contribution is -1.81. The second-order valence-electron chi connectivity index (χ2n) is 3.36. The highest BCUT2D eigenvalue weighted by Crippen LogP contribution is 2.35. The molecule has 4 nitrogen and oxygen atoms in total. The fourth-order valence-electron chi connectivity index (χ4n) is 1.77. The third-order valence-electron chi connectivity index (χ3n) is 2.40. The molecular formula is C9H9N3OS. The van der Waals surface area contributed by atoms with E-state index in [2.05, 4.69) is 16.3 Å². The van der Waals surface area contributed by atoms with Crippen molar-refractivity contribution in [3.63, 3.8) is 0 Å². The standard InChI is InChI=1S/C9H9N3OS/c10-9-12-11-8(13-9)7-4-5-2-1-3-6(5)14-7/h4H,1-3H2,(H2,10,12). The maximum Gasteiger partial charge on any atom is 0.313 e. The molecule has 0 aliphatic heterocycles. The molecule has 2 N–H and O–H groups in total. The average Bonchev–Trinajstić information content (AvgIpc) is 2.75. The predicted octanol–water partition coefficient (Wildman–Crippen LogP) is 1.87. The van der Waals surface area contributed by atoms with Crippen molar-refractivity contribution in [2.24, 2.45) is 0 Å². The first kappa shape index (κ1) is 7.99. The smallest absolute Gasteiger partial charge is 0.313 e. The lowest BCUT2D eigenvalue weighted by atomic mass is 10.2. The Morgan fingerprint density at radius 1 is 1.36 bits per heavy atom. The molecule has 0 amide bonds. The van der Waals surface area contributed by atoms with E-state index in [0.29, 0.717) is 5.89 Å². The molecule has 0 atom stereocenters. The van der Waals surface area contributed by atoms with E-state index in [0.717, 1.165) is 4.88 Å². The van der Waals surface area contributed by atoms with E-state index >= 15 is 0 Å². The molecule has 2 aromatic heterocycles. The van der Waals surface area contributed by atoms with Gasteiger partial charge in [-0.3, -0.25) is 0 Å². The van der Waals surface area contributed by atoms with Gasteiger partial charge in [0.25, 0.3) is 5.89 Å². The summed E-state index contributed by atoms with van der Waals surface area (Å²) in [6.07, 6.45) is 3.63. The number of rotatable bonds is 1. The molecule has 1 aliphatic carbocycles. The minimum absolute atomic E-state index is 0.133. The molecule has 0 aromatic carbocycles. The molecule has 0 saturated heterocycles. The van der Waals surface area contributed by atoms with E-state index < -0.39 is 0 Å². The van der Waals surface area contributed by atoms with Crippen LogP contribution in [0, 0.1) is 0 Å². The summed E-state index contributed by atoms with van der Waals surface area (Å²) in [5, 5.41) is 7.51. The summed E-state index contributed by atoms with van der Waals surface area (Å²) < 4.78 is 5.17. The molecule has 5 heteroatoms. The van der Waals surface area contributed by atoms with E-state index in [9.17, 15) is 0 Å². The zero-order valence-corrected chi connectivity index (χ0v) is 8.30. The molecule has 1 aliphatic rings. The van der Waals surface area contributed by atoms with Crippen LogP contribution in [-0.4, -0.2) is 10.2 Å². The van der Waals surface area contributed by atoms with Gasteiger partial charge in [0, 0.05) is 4.88 Å². The maximum atomic E-state index is 5.37. The van der Waals surface area contributed by atoms with Crippen LogP contribution in [0.15, 0.2) is 10.5 Å².